The summed E-state index contributed by atoms with van der Waals surface area (Å²) in [6, 6.07) is 13.7. The average molecular weight is 388 g/mol. The maximum absolute atomic E-state index is 13.0. The van der Waals surface area contributed by atoms with E-state index in [1.54, 1.807) is 33.2 Å². The average Bonchev–Trinajstić information content (AvgIpc) is 3.13. The Kier molecular flexibility index (Phi) is 4.97. The third-order valence-corrected chi connectivity index (χ3v) is 5.32. The summed E-state index contributed by atoms with van der Waals surface area (Å²) in [4.78, 5) is 19.6. The number of ether oxygens (including phenoxy) is 2. The number of rotatable bonds is 4. The fourth-order valence-corrected chi connectivity index (χ4v) is 3.96. The number of carbonyl (C=O) groups excluding carboxylic acids is 1. The molecule has 0 spiro atoms. The molecule has 1 amide bonds. The molecule has 1 aromatic heterocycles. The number of carbonyl (C=O) groups is 1. The van der Waals surface area contributed by atoms with E-state index in [0.29, 0.717) is 11.5 Å². The second-order valence-corrected chi connectivity index (χ2v) is 7.28. The summed E-state index contributed by atoms with van der Waals surface area (Å²) in [5, 5.41) is 0.908. The van der Waals surface area contributed by atoms with Crippen molar-refractivity contribution < 1.29 is 14.3 Å². The van der Waals surface area contributed by atoms with Crippen LogP contribution in [0.2, 0.25) is 0 Å². The smallest absolute Gasteiger partial charge is 0.254 e. The van der Waals surface area contributed by atoms with Gasteiger partial charge in [0.1, 0.15) is 0 Å². The molecular formula is C24H24N2O3. The molecule has 0 fully saturated rings. The van der Waals surface area contributed by atoms with Crippen LogP contribution in [0.3, 0.4) is 0 Å². The Balaban J connectivity index is 1.93. The fraction of sp³-hybridized carbons (Fsp3) is 0.250. The molecule has 0 unspecified atom stereocenters. The maximum Gasteiger partial charge on any atom is 0.254 e. The summed E-state index contributed by atoms with van der Waals surface area (Å²) in [6.07, 6.45) is 3.71. The Bertz CT molecular complexity index is 1130. The number of nitrogens with zero attached hydrogens (tertiary/aromatic N) is 2. The van der Waals surface area contributed by atoms with Gasteiger partial charge in [0.05, 0.1) is 31.0 Å². The van der Waals surface area contributed by atoms with E-state index in [0.717, 1.165) is 51.7 Å². The minimum absolute atomic E-state index is 0.0139. The largest absolute Gasteiger partial charge is 0.493 e. The quantitative estimate of drug-likeness (QED) is 0.663. The first-order valence-corrected chi connectivity index (χ1v) is 9.60. The van der Waals surface area contributed by atoms with Crippen LogP contribution in [-0.4, -0.2) is 44.1 Å². The van der Waals surface area contributed by atoms with E-state index < -0.39 is 0 Å². The lowest BCUT2D eigenvalue weighted by atomic mass is 9.99. The minimum Gasteiger partial charge on any atom is -0.493 e. The van der Waals surface area contributed by atoms with Gasteiger partial charge in [0, 0.05) is 25.0 Å². The Morgan fingerprint density at radius 3 is 2.55 bits per heavy atom. The topological polar surface area (TPSA) is 51.7 Å². The van der Waals surface area contributed by atoms with Gasteiger partial charge in [0.15, 0.2) is 11.5 Å². The van der Waals surface area contributed by atoms with Crippen molar-refractivity contribution in [3.8, 4) is 11.5 Å². The minimum atomic E-state index is 0.0139. The zero-order chi connectivity index (χ0) is 20.5. The van der Waals surface area contributed by atoms with Crippen LogP contribution in [-0.2, 0) is 6.42 Å². The number of hydrogen-bond donors (Lipinski definition) is 0. The van der Waals surface area contributed by atoms with E-state index in [4.69, 9.17) is 14.5 Å². The highest BCUT2D eigenvalue weighted by molar-refractivity contribution is 6.09. The summed E-state index contributed by atoms with van der Waals surface area (Å²) in [5.41, 5.74) is 5.56. The molecule has 5 nitrogen and oxygen atoms in total. The molecule has 4 rings (SSSR count). The molecule has 148 valence electrons. The van der Waals surface area contributed by atoms with Gasteiger partial charge in [-0.15, -0.1) is 0 Å². The fourth-order valence-electron chi connectivity index (χ4n) is 3.96. The van der Waals surface area contributed by atoms with E-state index in [1.165, 1.54) is 0 Å². The van der Waals surface area contributed by atoms with Gasteiger partial charge in [-0.3, -0.25) is 4.79 Å². The first-order valence-electron chi connectivity index (χ1n) is 9.60. The summed E-state index contributed by atoms with van der Waals surface area (Å²) >= 11 is 0. The number of allylic oxidation sites excluding steroid dienone is 1. The lowest BCUT2D eigenvalue weighted by Crippen LogP contribution is -2.23. The summed E-state index contributed by atoms with van der Waals surface area (Å²) in [6.45, 7) is 0. The number of methoxy groups -OCH3 is 2. The summed E-state index contributed by atoms with van der Waals surface area (Å²) < 4.78 is 11.0. The first-order chi connectivity index (χ1) is 14.0. The number of aromatic nitrogens is 1. The van der Waals surface area contributed by atoms with Crippen molar-refractivity contribution in [2.45, 2.75) is 12.8 Å². The molecule has 1 aliphatic carbocycles. The van der Waals surface area contributed by atoms with Crippen LogP contribution in [0.4, 0.5) is 0 Å². The predicted molar refractivity (Wildman–Crippen MR) is 115 cm³/mol. The highest BCUT2D eigenvalue weighted by Gasteiger charge is 2.27. The molecule has 0 saturated heterocycles. The number of hydrogen-bond acceptors (Lipinski definition) is 4. The van der Waals surface area contributed by atoms with Crippen LogP contribution in [0.15, 0.2) is 42.5 Å². The number of fused-ring (bicyclic) bond motifs is 2. The molecule has 0 radical (unpaired) electrons. The molecule has 5 heteroatoms. The van der Waals surface area contributed by atoms with E-state index in [9.17, 15) is 4.79 Å². The van der Waals surface area contributed by atoms with Crippen molar-refractivity contribution in [3.63, 3.8) is 0 Å². The molecule has 3 aromatic rings. The van der Waals surface area contributed by atoms with Gasteiger partial charge in [-0.25, -0.2) is 4.98 Å². The Labute approximate surface area is 170 Å². The molecule has 0 bridgehead atoms. The van der Waals surface area contributed by atoms with E-state index in [1.807, 2.05) is 42.5 Å². The molecule has 0 N–H and O–H groups in total. The molecule has 1 aliphatic rings. The van der Waals surface area contributed by atoms with Crippen molar-refractivity contribution in [3.05, 3.63) is 64.8 Å². The molecule has 0 aliphatic heterocycles. The molecule has 1 heterocycles. The highest BCUT2D eigenvalue weighted by atomic mass is 16.5. The van der Waals surface area contributed by atoms with Crippen LogP contribution in [0.5, 0.6) is 11.5 Å². The van der Waals surface area contributed by atoms with Crippen molar-refractivity contribution in [1.29, 1.82) is 0 Å². The van der Waals surface area contributed by atoms with Crippen LogP contribution >= 0.6 is 0 Å². The van der Waals surface area contributed by atoms with Gasteiger partial charge in [0.25, 0.3) is 5.91 Å². The first kappa shape index (κ1) is 19.0. The number of para-hydroxylation sites is 2. The van der Waals surface area contributed by atoms with Gasteiger partial charge in [-0.05, 0) is 42.2 Å². The maximum atomic E-state index is 13.0. The number of pyridine rings is 1. The standard InChI is InChI=1S/C24H24N2O3/c1-26(2)24(27)21-17-9-5-6-10-19(17)25-22-15(12-13-18(21)22)14-16-8-7-11-20(28-3)23(16)29-4/h5-11,14H,12-13H2,1-4H3. The van der Waals surface area contributed by atoms with Gasteiger partial charge in [-0.2, -0.15) is 0 Å². The number of benzene rings is 2. The van der Waals surface area contributed by atoms with E-state index in [2.05, 4.69) is 6.08 Å². The monoisotopic (exact) mass is 388 g/mol. The van der Waals surface area contributed by atoms with Crippen molar-refractivity contribution in [2.24, 2.45) is 0 Å². The third-order valence-electron chi connectivity index (χ3n) is 5.32. The zero-order valence-corrected chi connectivity index (χ0v) is 17.2. The molecule has 29 heavy (non-hydrogen) atoms. The highest BCUT2D eigenvalue weighted by Crippen LogP contribution is 2.40. The predicted octanol–water partition coefficient (Wildman–Crippen LogP) is 4.44. The van der Waals surface area contributed by atoms with E-state index in [-0.39, 0.29) is 5.91 Å². The summed E-state index contributed by atoms with van der Waals surface area (Å²) in [7, 11) is 6.85. The van der Waals surface area contributed by atoms with Gasteiger partial charge in [0.2, 0.25) is 0 Å². The molecular weight excluding hydrogens is 364 g/mol. The van der Waals surface area contributed by atoms with Gasteiger partial charge in [-0.1, -0.05) is 30.3 Å². The second-order valence-electron chi connectivity index (χ2n) is 7.28. The van der Waals surface area contributed by atoms with Gasteiger partial charge < -0.3 is 14.4 Å². The van der Waals surface area contributed by atoms with Crippen molar-refractivity contribution >= 4 is 28.5 Å². The van der Waals surface area contributed by atoms with E-state index >= 15 is 0 Å². The Morgan fingerprint density at radius 2 is 1.83 bits per heavy atom. The Morgan fingerprint density at radius 1 is 1.03 bits per heavy atom. The zero-order valence-electron chi connectivity index (χ0n) is 17.2. The molecule has 2 aromatic carbocycles. The van der Waals surface area contributed by atoms with Crippen LogP contribution in [0, 0.1) is 0 Å². The Hall–Kier alpha value is -3.34. The van der Waals surface area contributed by atoms with Crippen molar-refractivity contribution in [2.75, 3.05) is 28.3 Å². The normalized spacial score (nSPS) is 14.1. The second kappa shape index (κ2) is 7.59. The lowest BCUT2D eigenvalue weighted by Gasteiger charge is -2.16. The molecule has 0 atom stereocenters. The third kappa shape index (κ3) is 3.23. The van der Waals surface area contributed by atoms with Crippen LogP contribution in [0.25, 0.3) is 22.6 Å². The van der Waals surface area contributed by atoms with Crippen molar-refractivity contribution in [1.82, 2.24) is 9.88 Å². The van der Waals surface area contributed by atoms with Crippen LogP contribution in [0.1, 0.15) is 33.6 Å². The SMILES string of the molecule is COc1cccc(C=C2CCc3c2nc2ccccc2c3C(=O)N(C)C)c1OC. The summed E-state index contributed by atoms with van der Waals surface area (Å²) in [5.74, 6) is 1.40. The van der Waals surface area contributed by atoms with Crippen LogP contribution < -0.4 is 9.47 Å². The lowest BCUT2D eigenvalue weighted by molar-refractivity contribution is 0.0828. The van der Waals surface area contributed by atoms with Gasteiger partial charge >= 0.3 is 0 Å². The number of amides is 1. The molecule has 0 saturated carbocycles.